The summed E-state index contributed by atoms with van der Waals surface area (Å²) < 4.78 is 10.9. The van der Waals surface area contributed by atoms with Gasteiger partial charge in [0.15, 0.2) is 0 Å². The first kappa shape index (κ1) is 12.6. The van der Waals surface area contributed by atoms with Gasteiger partial charge in [-0.25, -0.2) is 9.97 Å². The molecule has 0 saturated carbocycles. The number of benzene rings is 1. The lowest BCUT2D eigenvalue weighted by Gasteiger charge is -1.92. The van der Waals surface area contributed by atoms with Gasteiger partial charge in [0.05, 0.1) is 17.9 Å². The zero-order chi connectivity index (χ0) is 13.9. The molecule has 1 aromatic carbocycles. The van der Waals surface area contributed by atoms with E-state index in [1.807, 2.05) is 37.3 Å². The number of oxazole rings is 2. The van der Waals surface area contributed by atoms with Crippen LogP contribution < -0.4 is 5.73 Å². The van der Waals surface area contributed by atoms with E-state index in [0.717, 1.165) is 22.7 Å². The first-order chi connectivity index (χ1) is 9.76. The average molecular weight is 269 g/mol. The number of hydrogen-bond acceptors (Lipinski definition) is 5. The van der Waals surface area contributed by atoms with E-state index in [0.29, 0.717) is 24.7 Å². The lowest BCUT2D eigenvalue weighted by atomic mass is 10.2. The molecular weight excluding hydrogens is 254 g/mol. The van der Waals surface area contributed by atoms with E-state index >= 15 is 0 Å². The molecule has 2 aromatic heterocycles. The van der Waals surface area contributed by atoms with Crippen LogP contribution in [-0.2, 0) is 13.0 Å². The van der Waals surface area contributed by atoms with Gasteiger partial charge in [0.2, 0.25) is 11.8 Å². The van der Waals surface area contributed by atoms with E-state index in [1.165, 1.54) is 0 Å². The van der Waals surface area contributed by atoms with Crippen molar-refractivity contribution < 1.29 is 8.83 Å². The van der Waals surface area contributed by atoms with E-state index in [4.69, 9.17) is 14.6 Å². The Balaban J connectivity index is 1.86. The van der Waals surface area contributed by atoms with E-state index in [1.54, 1.807) is 6.26 Å². The summed E-state index contributed by atoms with van der Waals surface area (Å²) >= 11 is 0. The van der Waals surface area contributed by atoms with Crippen LogP contribution in [0.2, 0.25) is 0 Å². The van der Waals surface area contributed by atoms with Crippen LogP contribution in [0.1, 0.15) is 23.0 Å². The van der Waals surface area contributed by atoms with Gasteiger partial charge >= 0.3 is 0 Å². The molecule has 0 saturated heterocycles. The SMILES string of the molecule is Cc1oc(-c2ccccc2)nc1Cc1coc(CN)n1. The van der Waals surface area contributed by atoms with Gasteiger partial charge in [-0.2, -0.15) is 0 Å². The molecular formula is C15H15N3O2. The lowest BCUT2D eigenvalue weighted by Crippen LogP contribution is -1.97. The van der Waals surface area contributed by atoms with Crippen molar-refractivity contribution in [1.29, 1.82) is 0 Å². The van der Waals surface area contributed by atoms with Gasteiger partial charge in [-0.1, -0.05) is 18.2 Å². The van der Waals surface area contributed by atoms with Gasteiger partial charge < -0.3 is 14.6 Å². The molecule has 3 aromatic rings. The van der Waals surface area contributed by atoms with Crippen LogP contribution in [0.3, 0.4) is 0 Å². The Morgan fingerprint density at radius 3 is 2.65 bits per heavy atom. The number of nitrogens with two attached hydrogens (primary N) is 1. The predicted octanol–water partition coefficient (Wildman–Crippen LogP) is 2.69. The molecule has 3 rings (SSSR count). The Kier molecular flexibility index (Phi) is 3.35. The summed E-state index contributed by atoms with van der Waals surface area (Å²) in [4.78, 5) is 8.80. The fourth-order valence-corrected chi connectivity index (χ4v) is 1.99. The largest absolute Gasteiger partial charge is 0.447 e. The van der Waals surface area contributed by atoms with Crippen molar-refractivity contribution in [2.24, 2.45) is 5.73 Å². The second-order valence-electron chi connectivity index (χ2n) is 4.50. The molecule has 0 atom stereocenters. The smallest absolute Gasteiger partial charge is 0.226 e. The zero-order valence-corrected chi connectivity index (χ0v) is 11.2. The van der Waals surface area contributed by atoms with Crippen molar-refractivity contribution in [3.8, 4) is 11.5 Å². The van der Waals surface area contributed by atoms with E-state index < -0.39 is 0 Å². The number of aromatic nitrogens is 2. The third-order valence-electron chi connectivity index (χ3n) is 3.04. The quantitative estimate of drug-likeness (QED) is 0.787. The standard InChI is InChI=1S/C15H15N3O2/c1-10-13(7-12-9-19-14(8-16)17-12)18-15(20-10)11-5-3-2-4-6-11/h2-6,9H,7-8,16H2,1H3. The zero-order valence-electron chi connectivity index (χ0n) is 11.2. The molecule has 5 nitrogen and oxygen atoms in total. The maximum absolute atomic E-state index is 5.71. The minimum absolute atomic E-state index is 0.299. The molecule has 2 N–H and O–H groups in total. The minimum atomic E-state index is 0.299. The van der Waals surface area contributed by atoms with Gasteiger partial charge in [0.1, 0.15) is 12.0 Å². The third kappa shape index (κ3) is 2.48. The highest BCUT2D eigenvalue weighted by atomic mass is 16.4. The van der Waals surface area contributed by atoms with Gasteiger partial charge in [0.25, 0.3) is 0 Å². The summed E-state index contributed by atoms with van der Waals surface area (Å²) in [5, 5.41) is 0. The molecule has 0 radical (unpaired) electrons. The maximum atomic E-state index is 5.71. The highest BCUT2D eigenvalue weighted by Crippen LogP contribution is 2.22. The Hall–Kier alpha value is -2.40. The second-order valence-corrected chi connectivity index (χ2v) is 4.50. The predicted molar refractivity (Wildman–Crippen MR) is 73.9 cm³/mol. The van der Waals surface area contributed by atoms with E-state index in [9.17, 15) is 0 Å². The minimum Gasteiger partial charge on any atom is -0.447 e. The molecule has 20 heavy (non-hydrogen) atoms. The van der Waals surface area contributed by atoms with Crippen molar-refractivity contribution in [3.63, 3.8) is 0 Å². The van der Waals surface area contributed by atoms with Crippen LogP contribution >= 0.6 is 0 Å². The lowest BCUT2D eigenvalue weighted by molar-refractivity contribution is 0.497. The molecule has 0 fully saturated rings. The average Bonchev–Trinajstić information content (AvgIpc) is 3.08. The van der Waals surface area contributed by atoms with Crippen molar-refractivity contribution in [3.05, 3.63) is 59.6 Å². The van der Waals surface area contributed by atoms with Crippen LogP contribution in [0.25, 0.3) is 11.5 Å². The molecule has 0 bridgehead atoms. The van der Waals surface area contributed by atoms with Crippen LogP contribution in [0.4, 0.5) is 0 Å². The summed E-state index contributed by atoms with van der Waals surface area (Å²) in [6.07, 6.45) is 2.18. The van der Waals surface area contributed by atoms with Crippen LogP contribution in [0, 0.1) is 6.92 Å². The van der Waals surface area contributed by atoms with Crippen molar-refractivity contribution in [2.45, 2.75) is 19.9 Å². The van der Waals surface area contributed by atoms with Crippen molar-refractivity contribution >= 4 is 0 Å². The van der Waals surface area contributed by atoms with Crippen molar-refractivity contribution in [2.75, 3.05) is 0 Å². The molecule has 0 aliphatic carbocycles. The summed E-state index contributed by atoms with van der Waals surface area (Å²) in [7, 11) is 0. The maximum Gasteiger partial charge on any atom is 0.226 e. The van der Waals surface area contributed by atoms with Gasteiger partial charge in [-0.05, 0) is 19.1 Å². The highest BCUT2D eigenvalue weighted by molar-refractivity contribution is 5.53. The number of hydrogen-bond donors (Lipinski definition) is 1. The van der Waals surface area contributed by atoms with E-state index in [2.05, 4.69) is 9.97 Å². The Morgan fingerprint density at radius 2 is 1.95 bits per heavy atom. The van der Waals surface area contributed by atoms with Crippen LogP contribution in [0.5, 0.6) is 0 Å². The summed E-state index contributed by atoms with van der Waals surface area (Å²) in [5.41, 5.74) is 8.11. The molecule has 0 aliphatic rings. The van der Waals surface area contributed by atoms with Crippen LogP contribution in [-0.4, -0.2) is 9.97 Å². The summed E-state index contributed by atoms with van der Waals surface area (Å²) in [6, 6.07) is 9.82. The number of nitrogens with zero attached hydrogens (tertiary/aromatic N) is 2. The van der Waals surface area contributed by atoms with E-state index in [-0.39, 0.29) is 0 Å². The molecule has 102 valence electrons. The monoisotopic (exact) mass is 269 g/mol. The molecule has 5 heteroatoms. The van der Waals surface area contributed by atoms with Gasteiger partial charge in [0, 0.05) is 12.0 Å². The molecule has 0 amide bonds. The first-order valence-corrected chi connectivity index (χ1v) is 6.41. The molecule has 0 aliphatic heterocycles. The highest BCUT2D eigenvalue weighted by Gasteiger charge is 2.13. The Bertz CT molecular complexity index is 701. The van der Waals surface area contributed by atoms with Gasteiger partial charge in [-0.3, -0.25) is 0 Å². The first-order valence-electron chi connectivity index (χ1n) is 6.41. The molecule has 0 unspecified atom stereocenters. The number of rotatable bonds is 4. The molecule has 0 spiro atoms. The summed E-state index contributed by atoms with van der Waals surface area (Å²) in [5.74, 6) is 1.95. The second kappa shape index (κ2) is 5.30. The van der Waals surface area contributed by atoms with Gasteiger partial charge in [-0.15, -0.1) is 0 Å². The molecule has 2 heterocycles. The Morgan fingerprint density at radius 1 is 1.15 bits per heavy atom. The number of aryl methyl sites for hydroxylation is 1. The Labute approximate surface area is 116 Å². The normalized spacial score (nSPS) is 10.9. The summed E-state index contributed by atoms with van der Waals surface area (Å²) in [6.45, 7) is 2.20. The van der Waals surface area contributed by atoms with Crippen molar-refractivity contribution in [1.82, 2.24) is 9.97 Å². The fraction of sp³-hybridized carbons (Fsp3) is 0.200. The fourth-order valence-electron chi connectivity index (χ4n) is 1.99. The van der Waals surface area contributed by atoms with Crippen LogP contribution in [0.15, 0.2) is 45.4 Å². The topological polar surface area (TPSA) is 78.1 Å². The third-order valence-corrected chi connectivity index (χ3v) is 3.04.